The predicted octanol–water partition coefficient (Wildman–Crippen LogP) is 1.99. The van der Waals surface area contributed by atoms with Gasteiger partial charge in [-0.05, 0) is 24.5 Å². The van der Waals surface area contributed by atoms with Gasteiger partial charge in [0, 0.05) is 19.2 Å². The SMILES string of the molecule is C=CCNC(=O)[C@H]1CCCN1C(=O)/C=C/c1ccccc1. The Bertz CT molecular complexity index is 537. The Morgan fingerprint density at radius 1 is 1.33 bits per heavy atom. The number of nitrogens with zero attached hydrogens (tertiary/aromatic N) is 1. The van der Waals surface area contributed by atoms with Crippen LogP contribution in [0.25, 0.3) is 6.08 Å². The average Bonchev–Trinajstić information content (AvgIpc) is 3.01. The molecule has 1 heterocycles. The van der Waals surface area contributed by atoms with E-state index in [1.807, 2.05) is 30.3 Å². The zero-order valence-corrected chi connectivity index (χ0v) is 12.0. The number of hydrogen-bond acceptors (Lipinski definition) is 2. The summed E-state index contributed by atoms with van der Waals surface area (Å²) < 4.78 is 0. The molecule has 4 heteroatoms. The molecule has 1 aromatic carbocycles. The molecule has 0 unspecified atom stereocenters. The second kappa shape index (κ2) is 7.43. The Balaban J connectivity index is 1.99. The normalized spacial score (nSPS) is 17.9. The molecule has 0 radical (unpaired) electrons. The number of hydrogen-bond donors (Lipinski definition) is 1. The molecule has 1 fully saturated rings. The molecule has 2 rings (SSSR count). The first-order valence-electron chi connectivity index (χ1n) is 7.14. The van der Waals surface area contributed by atoms with Crippen LogP contribution in [0, 0.1) is 0 Å². The largest absolute Gasteiger partial charge is 0.351 e. The summed E-state index contributed by atoms with van der Waals surface area (Å²) in [5.41, 5.74) is 0.970. The van der Waals surface area contributed by atoms with Gasteiger partial charge in [-0.25, -0.2) is 0 Å². The van der Waals surface area contributed by atoms with E-state index in [-0.39, 0.29) is 17.9 Å². The number of benzene rings is 1. The molecule has 0 spiro atoms. The monoisotopic (exact) mass is 284 g/mol. The van der Waals surface area contributed by atoms with Crippen LogP contribution in [0.5, 0.6) is 0 Å². The Morgan fingerprint density at radius 2 is 2.10 bits per heavy atom. The van der Waals surface area contributed by atoms with Gasteiger partial charge in [-0.15, -0.1) is 6.58 Å². The summed E-state index contributed by atoms with van der Waals surface area (Å²) in [5.74, 6) is -0.219. The molecule has 4 nitrogen and oxygen atoms in total. The van der Waals surface area contributed by atoms with E-state index in [1.165, 1.54) is 6.08 Å². The number of amides is 2. The molecule has 2 amide bonds. The van der Waals surface area contributed by atoms with Crippen molar-refractivity contribution in [3.8, 4) is 0 Å². The van der Waals surface area contributed by atoms with Crippen molar-refractivity contribution in [3.63, 3.8) is 0 Å². The van der Waals surface area contributed by atoms with E-state index in [9.17, 15) is 9.59 Å². The molecular formula is C17H20N2O2. The van der Waals surface area contributed by atoms with Crippen molar-refractivity contribution < 1.29 is 9.59 Å². The minimum atomic E-state index is -0.363. The first kappa shape index (κ1) is 15.0. The van der Waals surface area contributed by atoms with Crippen LogP contribution >= 0.6 is 0 Å². The second-order valence-corrected chi connectivity index (χ2v) is 4.97. The summed E-state index contributed by atoms with van der Waals surface area (Å²) in [7, 11) is 0. The third kappa shape index (κ3) is 4.05. The van der Waals surface area contributed by atoms with Crippen molar-refractivity contribution in [3.05, 3.63) is 54.6 Å². The molecule has 21 heavy (non-hydrogen) atoms. The summed E-state index contributed by atoms with van der Waals surface area (Å²) in [6, 6.07) is 9.28. The van der Waals surface area contributed by atoms with E-state index in [0.717, 1.165) is 12.0 Å². The highest BCUT2D eigenvalue weighted by Crippen LogP contribution is 2.18. The van der Waals surface area contributed by atoms with Crippen LogP contribution in [0.15, 0.2) is 49.1 Å². The fraction of sp³-hybridized carbons (Fsp3) is 0.294. The summed E-state index contributed by atoms with van der Waals surface area (Å²) in [4.78, 5) is 25.9. The molecule has 1 aliphatic rings. The van der Waals surface area contributed by atoms with E-state index < -0.39 is 0 Å². The van der Waals surface area contributed by atoms with Crippen molar-refractivity contribution in [2.75, 3.05) is 13.1 Å². The van der Waals surface area contributed by atoms with Crippen molar-refractivity contribution in [2.24, 2.45) is 0 Å². The zero-order chi connectivity index (χ0) is 15.1. The van der Waals surface area contributed by atoms with E-state index in [1.54, 1.807) is 17.1 Å². The number of likely N-dealkylation sites (tertiary alicyclic amines) is 1. The molecule has 1 aliphatic heterocycles. The van der Waals surface area contributed by atoms with Crippen LogP contribution in [0.4, 0.5) is 0 Å². The molecule has 1 N–H and O–H groups in total. The maximum absolute atomic E-state index is 12.2. The second-order valence-electron chi connectivity index (χ2n) is 4.97. The highest BCUT2D eigenvalue weighted by Gasteiger charge is 2.32. The fourth-order valence-electron chi connectivity index (χ4n) is 2.42. The third-order valence-corrected chi connectivity index (χ3v) is 3.48. The Labute approximate surface area is 125 Å². The molecule has 1 atom stereocenters. The van der Waals surface area contributed by atoms with E-state index >= 15 is 0 Å². The van der Waals surface area contributed by atoms with Gasteiger partial charge in [0.15, 0.2) is 0 Å². The molecule has 110 valence electrons. The lowest BCUT2D eigenvalue weighted by Gasteiger charge is -2.22. The van der Waals surface area contributed by atoms with E-state index in [0.29, 0.717) is 19.5 Å². The summed E-state index contributed by atoms with van der Waals surface area (Å²) in [6.45, 7) is 4.63. The fourth-order valence-corrected chi connectivity index (χ4v) is 2.42. The van der Waals surface area contributed by atoms with Gasteiger partial charge in [0.05, 0.1) is 0 Å². The highest BCUT2D eigenvalue weighted by molar-refractivity contribution is 5.96. The van der Waals surface area contributed by atoms with E-state index in [2.05, 4.69) is 11.9 Å². The molecule has 1 aromatic rings. The average molecular weight is 284 g/mol. The van der Waals surface area contributed by atoms with Crippen LogP contribution in [0.3, 0.4) is 0 Å². The van der Waals surface area contributed by atoms with Crippen molar-refractivity contribution in [1.29, 1.82) is 0 Å². The van der Waals surface area contributed by atoms with Gasteiger partial charge in [0.25, 0.3) is 0 Å². The molecule has 0 aliphatic carbocycles. The quantitative estimate of drug-likeness (QED) is 0.664. The maximum Gasteiger partial charge on any atom is 0.247 e. The Kier molecular flexibility index (Phi) is 5.32. The van der Waals surface area contributed by atoms with Gasteiger partial charge in [0.1, 0.15) is 6.04 Å². The van der Waals surface area contributed by atoms with Gasteiger partial charge < -0.3 is 10.2 Å². The molecule has 1 saturated heterocycles. The third-order valence-electron chi connectivity index (χ3n) is 3.48. The van der Waals surface area contributed by atoms with Crippen LogP contribution in [-0.4, -0.2) is 35.8 Å². The van der Waals surface area contributed by atoms with Gasteiger partial charge in [-0.2, -0.15) is 0 Å². The van der Waals surface area contributed by atoms with Crippen LogP contribution < -0.4 is 5.32 Å². The first-order valence-corrected chi connectivity index (χ1v) is 7.14. The number of nitrogens with one attached hydrogen (secondary N) is 1. The van der Waals surface area contributed by atoms with Crippen LogP contribution in [0.1, 0.15) is 18.4 Å². The van der Waals surface area contributed by atoms with Crippen LogP contribution in [0.2, 0.25) is 0 Å². The Morgan fingerprint density at radius 3 is 2.81 bits per heavy atom. The Hall–Kier alpha value is -2.36. The van der Waals surface area contributed by atoms with Crippen LogP contribution in [-0.2, 0) is 9.59 Å². The van der Waals surface area contributed by atoms with Gasteiger partial charge in [-0.1, -0.05) is 36.4 Å². The molecule has 0 aromatic heterocycles. The highest BCUT2D eigenvalue weighted by atomic mass is 16.2. The van der Waals surface area contributed by atoms with Crippen molar-refractivity contribution in [2.45, 2.75) is 18.9 Å². The topological polar surface area (TPSA) is 49.4 Å². The van der Waals surface area contributed by atoms with Crippen molar-refractivity contribution in [1.82, 2.24) is 10.2 Å². The standard InChI is InChI=1S/C17H20N2O2/c1-2-12-18-17(21)15-9-6-13-19(15)16(20)11-10-14-7-4-3-5-8-14/h2-5,7-8,10-11,15H,1,6,9,12-13H2,(H,18,21)/b11-10+/t15-/m1/s1. The molecular weight excluding hydrogens is 264 g/mol. The lowest BCUT2D eigenvalue weighted by Crippen LogP contribution is -2.45. The smallest absolute Gasteiger partial charge is 0.247 e. The van der Waals surface area contributed by atoms with E-state index in [4.69, 9.17) is 0 Å². The number of rotatable bonds is 5. The first-order chi connectivity index (χ1) is 10.2. The molecule has 0 bridgehead atoms. The zero-order valence-electron chi connectivity index (χ0n) is 12.0. The van der Waals surface area contributed by atoms with Crippen molar-refractivity contribution >= 4 is 17.9 Å². The minimum absolute atomic E-state index is 0.103. The summed E-state index contributed by atoms with van der Waals surface area (Å²) in [6.07, 6.45) is 6.52. The molecule has 0 saturated carbocycles. The summed E-state index contributed by atoms with van der Waals surface area (Å²) in [5, 5.41) is 2.76. The van der Waals surface area contributed by atoms with Gasteiger partial charge in [-0.3, -0.25) is 9.59 Å². The lowest BCUT2D eigenvalue weighted by atomic mass is 10.2. The summed E-state index contributed by atoms with van der Waals surface area (Å²) >= 11 is 0. The maximum atomic E-state index is 12.2. The minimum Gasteiger partial charge on any atom is -0.351 e. The predicted molar refractivity (Wildman–Crippen MR) is 83.4 cm³/mol. The van der Waals surface area contributed by atoms with Gasteiger partial charge >= 0.3 is 0 Å². The lowest BCUT2D eigenvalue weighted by molar-refractivity contribution is -0.134. The number of carbonyl (C=O) groups excluding carboxylic acids is 2. The van der Waals surface area contributed by atoms with Gasteiger partial charge in [0.2, 0.25) is 11.8 Å². The number of carbonyl (C=O) groups is 2.